The first-order chi connectivity index (χ1) is 15.5. The van der Waals surface area contributed by atoms with Gasteiger partial charge in [-0.25, -0.2) is 0 Å². The third kappa shape index (κ3) is 8.09. The topological polar surface area (TPSA) is 49.4 Å². The fraction of sp³-hybridized carbons (Fsp3) is 0.500. The smallest absolute Gasteiger partial charge is 0.238 e. The van der Waals surface area contributed by atoms with E-state index in [0.717, 1.165) is 47.4 Å². The van der Waals surface area contributed by atoms with Gasteiger partial charge >= 0.3 is 0 Å². The normalized spacial score (nSPS) is 13.1. The summed E-state index contributed by atoms with van der Waals surface area (Å²) in [5, 5.41) is 3.06. The minimum atomic E-state index is 0.00595. The molecule has 0 fully saturated rings. The van der Waals surface area contributed by atoms with E-state index in [1.165, 1.54) is 16.7 Å². The molecule has 1 atom stereocenters. The minimum Gasteiger partial charge on any atom is -0.324 e. The van der Waals surface area contributed by atoms with Gasteiger partial charge in [0.15, 0.2) is 5.78 Å². The van der Waals surface area contributed by atoms with E-state index in [1.807, 2.05) is 45.2 Å². The van der Waals surface area contributed by atoms with Crippen molar-refractivity contribution in [2.45, 2.75) is 47.5 Å². The van der Waals surface area contributed by atoms with Crippen molar-refractivity contribution in [1.82, 2.24) is 4.90 Å². The van der Waals surface area contributed by atoms with Crippen molar-refractivity contribution in [1.29, 1.82) is 0 Å². The summed E-state index contributed by atoms with van der Waals surface area (Å²) in [6.45, 7) is 13.9. The number of benzene rings is 2. The first-order valence-electron chi connectivity index (χ1n) is 12.0. The number of nitrogens with zero attached hydrogens (tertiary/aromatic N) is 2. The zero-order chi connectivity index (χ0) is 24.6. The van der Waals surface area contributed by atoms with Crippen molar-refractivity contribution >= 4 is 17.4 Å². The molecule has 1 N–H and O–H groups in total. The van der Waals surface area contributed by atoms with Crippen LogP contribution in [0.3, 0.4) is 0 Å². The van der Waals surface area contributed by atoms with E-state index in [-0.39, 0.29) is 11.7 Å². The quantitative estimate of drug-likeness (QED) is 0.484. The van der Waals surface area contributed by atoms with E-state index < -0.39 is 0 Å². The first kappa shape index (κ1) is 26.7. The van der Waals surface area contributed by atoms with Gasteiger partial charge in [0.1, 0.15) is 6.54 Å². The lowest BCUT2D eigenvalue weighted by molar-refractivity contribution is -0.900. The van der Waals surface area contributed by atoms with Gasteiger partial charge < -0.3 is 9.80 Å². The van der Waals surface area contributed by atoms with Gasteiger partial charge in [-0.3, -0.25) is 14.5 Å². The number of Topliss-reactive ketones (excluding diaryl/α,β-unsaturated/α-hetero) is 1. The summed E-state index contributed by atoms with van der Waals surface area (Å²) in [4.78, 5) is 27.5. The van der Waals surface area contributed by atoms with Gasteiger partial charge in [0.05, 0.1) is 26.7 Å². The molecule has 2 aromatic carbocycles. The summed E-state index contributed by atoms with van der Waals surface area (Å²) in [6, 6.07) is 12.2. The number of carbonyl (C=O) groups excluding carboxylic acids is 2. The number of quaternary nitrogens is 1. The Kier molecular flexibility index (Phi) is 9.81. The average molecular weight is 453 g/mol. The molecule has 2 rings (SSSR count). The maximum absolute atomic E-state index is 12.9. The Morgan fingerprint density at radius 1 is 0.939 bits per heavy atom. The van der Waals surface area contributed by atoms with Crippen LogP contribution in [0.4, 0.5) is 5.69 Å². The summed E-state index contributed by atoms with van der Waals surface area (Å²) in [5.41, 5.74) is 6.61. The van der Waals surface area contributed by atoms with Crippen molar-refractivity contribution in [3.8, 4) is 0 Å². The molecule has 180 valence electrons. The molecule has 0 saturated heterocycles. The molecule has 5 nitrogen and oxygen atoms in total. The van der Waals surface area contributed by atoms with Crippen molar-refractivity contribution in [2.24, 2.45) is 0 Å². The molecule has 1 unspecified atom stereocenters. The lowest BCUT2D eigenvalue weighted by Crippen LogP contribution is -2.49. The van der Waals surface area contributed by atoms with Crippen LogP contribution in [0.2, 0.25) is 0 Å². The van der Waals surface area contributed by atoms with Gasteiger partial charge in [-0.1, -0.05) is 36.4 Å². The molecule has 0 bridgehead atoms. The second-order valence-corrected chi connectivity index (χ2v) is 9.81. The Morgan fingerprint density at radius 2 is 1.48 bits per heavy atom. The van der Waals surface area contributed by atoms with E-state index in [9.17, 15) is 9.59 Å². The highest BCUT2D eigenvalue weighted by Gasteiger charge is 2.24. The largest absolute Gasteiger partial charge is 0.324 e. The Bertz CT molecular complexity index is 929. The maximum atomic E-state index is 12.9. The fourth-order valence-corrected chi connectivity index (χ4v) is 4.39. The highest BCUT2D eigenvalue weighted by atomic mass is 16.2. The molecule has 2 aromatic rings. The third-order valence-corrected chi connectivity index (χ3v) is 6.74. The van der Waals surface area contributed by atoms with Gasteiger partial charge in [-0.15, -0.1) is 0 Å². The molecule has 0 aliphatic carbocycles. The highest BCUT2D eigenvalue weighted by Crippen LogP contribution is 2.19. The second kappa shape index (κ2) is 12.1. The van der Waals surface area contributed by atoms with Crippen molar-refractivity contribution in [3.05, 3.63) is 64.2 Å². The zero-order valence-electron chi connectivity index (χ0n) is 21.6. The first-order valence-corrected chi connectivity index (χ1v) is 12.0. The Labute approximate surface area is 200 Å². The van der Waals surface area contributed by atoms with E-state index in [2.05, 4.69) is 50.2 Å². The molecule has 33 heavy (non-hydrogen) atoms. The summed E-state index contributed by atoms with van der Waals surface area (Å²) >= 11 is 0. The number of rotatable bonds is 12. The van der Waals surface area contributed by atoms with Gasteiger partial charge in [0.25, 0.3) is 0 Å². The molecular weight excluding hydrogens is 410 g/mol. The number of amides is 1. The van der Waals surface area contributed by atoms with E-state index in [0.29, 0.717) is 19.5 Å². The third-order valence-electron chi connectivity index (χ3n) is 6.74. The number of carbonyl (C=O) groups is 2. The molecule has 0 aromatic heterocycles. The Morgan fingerprint density at radius 3 is 2.03 bits per heavy atom. The van der Waals surface area contributed by atoms with Crippen molar-refractivity contribution in [3.63, 3.8) is 0 Å². The van der Waals surface area contributed by atoms with Crippen LogP contribution in [-0.2, 0) is 16.0 Å². The monoisotopic (exact) mass is 452 g/mol. The Hall–Kier alpha value is -2.50. The molecule has 0 saturated carbocycles. The van der Waals surface area contributed by atoms with Crippen LogP contribution in [0.1, 0.15) is 41.2 Å². The molecule has 1 amide bonds. The second-order valence-electron chi connectivity index (χ2n) is 9.81. The van der Waals surface area contributed by atoms with Crippen LogP contribution in [0.25, 0.3) is 0 Å². The summed E-state index contributed by atoms with van der Waals surface area (Å²) < 4.78 is 0.728. The maximum Gasteiger partial charge on any atom is 0.238 e. The van der Waals surface area contributed by atoms with E-state index in [1.54, 1.807) is 0 Å². The standard InChI is InChI=1S/C28H41N3O2/c1-8-31(7,20-25(32)18-26-21(2)12-9-13-22(26)3)17-11-16-30(6)19-27(33)29-28-23(4)14-10-15-24(28)5/h9-10,12-15H,8,11,16-20H2,1-7H3/p+1. The highest BCUT2D eigenvalue weighted by molar-refractivity contribution is 5.93. The van der Waals surface area contributed by atoms with Gasteiger partial charge in [0.2, 0.25) is 5.91 Å². The van der Waals surface area contributed by atoms with Crippen molar-refractivity contribution < 1.29 is 14.1 Å². The number of nitrogens with one attached hydrogen (secondary N) is 1. The summed E-state index contributed by atoms with van der Waals surface area (Å²) in [6.07, 6.45) is 1.44. The zero-order valence-corrected chi connectivity index (χ0v) is 21.6. The Balaban J connectivity index is 1.82. The number of hydrogen-bond acceptors (Lipinski definition) is 3. The van der Waals surface area contributed by atoms with Crippen LogP contribution in [-0.4, -0.2) is 67.9 Å². The molecule has 5 heteroatoms. The van der Waals surface area contributed by atoms with Crippen LogP contribution < -0.4 is 5.32 Å². The number of ketones is 1. The van der Waals surface area contributed by atoms with Gasteiger partial charge in [-0.2, -0.15) is 0 Å². The number of para-hydroxylation sites is 1. The van der Waals surface area contributed by atoms with Crippen LogP contribution in [0.15, 0.2) is 36.4 Å². The van der Waals surface area contributed by atoms with Crippen molar-refractivity contribution in [2.75, 3.05) is 52.1 Å². The molecule has 0 aliphatic rings. The molecule has 0 heterocycles. The van der Waals surface area contributed by atoms with E-state index >= 15 is 0 Å². The molecule has 0 radical (unpaired) electrons. The lowest BCUT2D eigenvalue weighted by Gasteiger charge is -2.33. The number of anilines is 1. The predicted octanol–water partition coefficient (Wildman–Crippen LogP) is 4.46. The summed E-state index contributed by atoms with van der Waals surface area (Å²) in [5.74, 6) is 0.296. The number of aryl methyl sites for hydroxylation is 4. The SMILES string of the molecule is CC[N+](C)(CCCN(C)CC(=O)Nc1c(C)cccc1C)CC(=O)Cc1c(C)cccc1C. The van der Waals surface area contributed by atoms with E-state index in [4.69, 9.17) is 0 Å². The average Bonchev–Trinajstić information content (AvgIpc) is 2.73. The number of hydrogen-bond donors (Lipinski definition) is 1. The molecular formula is C28H42N3O2+. The van der Waals surface area contributed by atoms with Gasteiger partial charge in [0, 0.05) is 25.1 Å². The lowest BCUT2D eigenvalue weighted by atomic mass is 9.98. The predicted molar refractivity (Wildman–Crippen MR) is 138 cm³/mol. The number of likely N-dealkylation sites (N-methyl/N-ethyl adjacent to an activating group) is 2. The molecule has 0 aliphatic heterocycles. The molecule has 0 spiro atoms. The van der Waals surface area contributed by atoms with Crippen LogP contribution in [0.5, 0.6) is 0 Å². The fourth-order valence-electron chi connectivity index (χ4n) is 4.39. The van der Waals surface area contributed by atoms with Gasteiger partial charge in [-0.05, 0) is 69.5 Å². The van der Waals surface area contributed by atoms with Crippen LogP contribution in [0, 0.1) is 27.7 Å². The summed E-state index contributed by atoms with van der Waals surface area (Å²) in [7, 11) is 4.14. The minimum absolute atomic E-state index is 0.00595. The van der Waals surface area contributed by atoms with Crippen LogP contribution >= 0.6 is 0 Å².